The van der Waals surface area contributed by atoms with E-state index in [4.69, 9.17) is 4.74 Å². The van der Waals surface area contributed by atoms with Gasteiger partial charge in [-0.05, 0) is 104 Å². The van der Waals surface area contributed by atoms with Gasteiger partial charge in [-0.25, -0.2) is 0 Å². The predicted molar refractivity (Wildman–Crippen MR) is 115 cm³/mol. The van der Waals surface area contributed by atoms with Crippen molar-refractivity contribution < 1.29 is 4.74 Å². The Morgan fingerprint density at radius 2 is 1.70 bits per heavy atom. The molecule has 1 nitrogen and oxygen atoms in total. The van der Waals surface area contributed by atoms with Crippen molar-refractivity contribution in [3.63, 3.8) is 0 Å². The first-order chi connectivity index (χ1) is 13.0. The lowest BCUT2D eigenvalue weighted by Crippen LogP contribution is -2.55. The van der Waals surface area contributed by atoms with Crippen LogP contribution in [-0.2, 0) is 4.74 Å². The highest BCUT2D eigenvalue weighted by Crippen LogP contribution is 2.69. The highest BCUT2D eigenvalue weighted by molar-refractivity contribution is 5.10. The molecule has 0 saturated heterocycles. The molecular formula is C26H46O. The molecule has 0 aromatic carbocycles. The summed E-state index contributed by atoms with van der Waals surface area (Å²) in [5, 5.41) is 0. The van der Waals surface area contributed by atoms with Gasteiger partial charge >= 0.3 is 0 Å². The van der Waals surface area contributed by atoms with Gasteiger partial charge in [0.05, 0.1) is 0 Å². The fraction of sp³-hybridized carbons (Fsp3) is 1.00. The molecular weight excluding hydrogens is 328 g/mol. The largest absolute Gasteiger partial charge is 0.385 e. The van der Waals surface area contributed by atoms with Crippen LogP contribution in [0.3, 0.4) is 0 Å². The minimum atomic E-state index is 0.616. The molecule has 0 heterocycles. The highest BCUT2D eigenvalue weighted by Gasteiger charge is 2.61. The number of hydrogen-bond acceptors (Lipinski definition) is 1. The highest BCUT2D eigenvalue weighted by atomic mass is 16.5. The van der Waals surface area contributed by atoms with Gasteiger partial charge < -0.3 is 4.74 Å². The molecule has 4 saturated carbocycles. The molecule has 1 heteroatoms. The number of ether oxygens (including phenoxy) is 1. The molecule has 9 atom stereocenters. The maximum absolute atomic E-state index is 5.43. The van der Waals surface area contributed by atoms with Gasteiger partial charge in [0.1, 0.15) is 0 Å². The van der Waals surface area contributed by atoms with Gasteiger partial charge in [0.25, 0.3) is 0 Å². The van der Waals surface area contributed by atoms with Crippen LogP contribution in [0.15, 0.2) is 0 Å². The summed E-state index contributed by atoms with van der Waals surface area (Å²) < 4.78 is 5.43. The summed E-state index contributed by atoms with van der Waals surface area (Å²) in [6.07, 6.45) is 16.4. The molecule has 5 unspecified atom stereocenters. The van der Waals surface area contributed by atoms with E-state index in [9.17, 15) is 0 Å². The standard InChI is InChI=1S/C26H46O/c1-6-19-17-20-23-11-10-21(18(2)13-16-27-5)26(23,4)15-12-24(20)25(3)14-8-7-9-22(19)25/h18-24H,6-17H2,1-5H3/t18-,19+,20?,21-,22?,23?,24+,25?,26?/m1/s1. The summed E-state index contributed by atoms with van der Waals surface area (Å²) in [6, 6.07) is 0. The van der Waals surface area contributed by atoms with Crippen molar-refractivity contribution in [3.05, 3.63) is 0 Å². The Balaban J connectivity index is 1.58. The van der Waals surface area contributed by atoms with Crippen LogP contribution in [-0.4, -0.2) is 13.7 Å². The van der Waals surface area contributed by atoms with Gasteiger partial charge in [0.2, 0.25) is 0 Å². The fourth-order valence-electron chi connectivity index (χ4n) is 9.50. The van der Waals surface area contributed by atoms with E-state index in [1.165, 1.54) is 64.2 Å². The van der Waals surface area contributed by atoms with Crippen LogP contribution in [0.2, 0.25) is 0 Å². The number of rotatable bonds is 5. The topological polar surface area (TPSA) is 9.23 Å². The third-order valence-electron chi connectivity index (χ3n) is 10.8. The Morgan fingerprint density at radius 1 is 0.926 bits per heavy atom. The third-order valence-corrected chi connectivity index (χ3v) is 10.8. The van der Waals surface area contributed by atoms with E-state index in [0.29, 0.717) is 10.8 Å². The zero-order valence-corrected chi connectivity index (χ0v) is 18.9. The van der Waals surface area contributed by atoms with Crippen LogP contribution in [0.1, 0.15) is 98.3 Å². The molecule has 0 bridgehead atoms. The fourth-order valence-corrected chi connectivity index (χ4v) is 9.50. The third kappa shape index (κ3) is 3.13. The van der Waals surface area contributed by atoms with Crippen molar-refractivity contribution in [3.8, 4) is 0 Å². The summed E-state index contributed by atoms with van der Waals surface area (Å²) in [4.78, 5) is 0. The van der Waals surface area contributed by atoms with Crippen molar-refractivity contribution in [2.24, 2.45) is 52.3 Å². The van der Waals surface area contributed by atoms with Gasteiger partial charge in [-0.1, -0.05) is 47.0 Å². The van der Waals surface area contributed by atoms with Crippen LogP contribution in [0, 0.1) is 52.3 Å². The first-order valence-corrected chi connectivity index (χ1v) is 12.4. The SMILES string of the molecule is CC[C@H]1CC2C3CC[C@H]([C@H](C)CCOC)C3(C)CC[C@@H]2C2(C)CCCCC12. The first kappa shape index (κ1) is 20.2. The molecule has 0 aromatic rings. The van der Waals surface area contributed by atoms with E-state index in [2.05, 4.69) is 27.7 Å². The number of fused-ring (bicyclic) bond motifs is 5. The molecule has 0 aliphatic heterocycles. The monoisotopic (exact) mass is 374 g/mol. The van der Waals surface area contributed by atoms with Gasteiger partial charge in [0, 0.05) is 13.7 Å². The lowest BCUT2D eigenvalue weighted by molar-refractivity contribution is -0.138. The molecule has 27 heavy (non-hydrogen) atoms. The van der Waals surface area contributed by atoms with Crippen molar-refractivity contribution in [1.82, 2.24) is 0 Å². The van der Waals surface area contributed by atoms with Crippen molar-refractivity contribution >= 4 is 0 Å². The van der Waals surface area contributed by atoms with E-state index in [0.717, 1.165) is 48.0 Å². The summed E-state index contributed by atoms with van der Waals surface area (Å²) in [7, 11) is 1.87. The summed E-state index contributed by atoms with van der Waals surface area (Å²) in [5.74, 6) is 6.92. The Kier molecular flexibility index (Phi) is 5.74. The average molecular weight is 375 g/mol. The second-order valence-electron chi connectivity index (χ2n) is 11.6. The predicted octanol–water partition coefficient (Wildman–Crippen LogP) is 7.34. The molecule has 0 spiro atoms. The van der Waals surface area contributed by atoms with Crippen LogP contribution in [0.25, 0.3) is 0 Å². The van der Waals surface area contributed by atoms with Gasteiger partial charge in [-0.15, -0.1) is 0 Å². The second kappa shape index (κ2) is 7.66. The van der Waals surface area contributed by atoms with Crippen LogP contribution >= 0.6 is 0 Å². The minimum Gasteiger partial charge on any atom is -0.385 e. The zero-order chi connectivity index (χ0) is 19.2. The number of hydrogen-bond donors (Lipinski definition) is 0. The molecule has 0 aromatic heterocycles. The molecule has 0 radical (unpaired) electrons. The van der Waals surface area contributed by atoms with E-state index < -0.39 is 0 Å². The lowest BCUT2D eigenvalue weighted by Gasteiger charge is -2.63. The van der Waals surface area contributed by atoms with Gasteiger partial charge in [0.15, 0.2) is 0 Å². The molecule has 0 N–H and O–H groups in total. The lowest BCUT2D eigenvalue weighted by atomic mass is 9.42. The summed E-state index contributed by atoms with van der Waals surface area (Å²) in [5.41, 5.74) is 1.29. The summed E-state index contributed by atoms with van der Waals surface area (Å²) in [6.45, 7) is 11.4. The maximum atomic E-state index is 5.43. The second-order valence-corrected chi connectivity index (χ2v) is 11.6. The number of methoxy groups -OCH3 is 1. The minimum absolute atomic E-state index is 0.616. The normalized spacial score (nSPS) is 50.6. The molecule has 0 amide bonds. The molecule has 4 aliphatic rings. The molecule has 4 fully saturated rings. The van der Waals surface area contributed by atoms with Crippen LogP contribution in [0.5, 0.6) is 0 Å². The van der Waals surface area contributed by atoms with E-state index >= 15 is 0 Å². The van der Waals surface area contributed by atoms with Gasteiger partial charge in [-0.3, -0.25) is 0 Å². The Hall–Kier alpha value is -0.0400. The van der Waals surface area contributed by atoms with E-state index in [1.54, 1.807) is 6.42 Å². The van der Waals surface area contributed by atoms with E-state index in [-0.39, 0.29) is 0 Å². The molecule has 4 aliphatic carbocycles. The quantitative estimate of drug-likeness (QED) is 0.489. The Labute approximate surface area is 169 Å². The van der Waals surface area contributed by atoms with Crippen molar-refractivity contribution in [1.29, 1.82) is 0 Å². The van der Waals surface area contributed by atoms with Crippen molar-refractivity contribution in [2.45, 2.75) is 98.3 Å². The Bertz CT molecular complexity index is 514. The zero-order valence-electron chi connectivity index (χ0n) is 18.9. The maximum Gasteiger partial charge on any atom is 0.0464 e. The first-order valence-electron chi connectivity index (χ1n) is 12.4. The average Bonchev–Trinajstić information content (AvgIpc) is 3.02. The Morgan fingerprint density at radius 3 is 2.44 bits per heavy atom. The summed E-state index contributed by atoms with van der Waals surface area (Å²) >= 11 is 0. The van der Waals surface area contributed by atoms with Gasteiger partial charge in [-0.2, -0.15) is 0 Å². The molecule has 156 valence electrons. The van der Waals surface area contributed by atoms with E-state index in [1.807, 2.05) is 7.11 Å². The van der Waals surface area contributed by atoms with Crippen molar-refractivity contribution in [2.75, 3.05) is 13.7 Å². The van der Waals surface area contributed by atoms with Crippen LogP contribution < -0.4 is 0 Å². The smallest absolute Gasteiger partial charge is 0.0464 e. The molecule has 4 rings (SSSR count). The van der Waals surface area contributed by atoms with Crippen LogP contribution in [0.4, 0.5) is 0 Å².